The molecular weight excluding hydrogens is 223 g/mol. The van der Waals surface area contributed by atoms with E-state index in [1.54, 1.807) is 0 Å². The van der Waals surface area contributed by atoms with Gasteiger partial charge >= 0.3 is 0 Å². The number of hydrogen-bond donors (Lipinski definition) is 0. The standard InChI is InChI=1S/C13H15FO3/c1-2-3-4-12(15)13(16)9-17-11-7-5-10(14)6-8-11/h5-8H,2-4,9H2,1H3. The van der Waals surface area contributed by atoms with Crippen LogP contribution in [0, 0.1) is 5.82 Å². The molecule has 0 fully saturated rings. The minimum Gasteiger partial charge on any atom is -0.485 e. The molecule has 1 aromatic carbocycles. The molecule has 3 nitrogen and oxygen atoms in total. The maximum absolute atomic E-state index is 12.6. The lowest BCUT2D eigenvalue weighted by Gasteiger charge is -2.04. The number of carbonyl (C=O) groups excluding carboxylic acids is 2. The maximum atomic E-state index is 12.6. The SMILES string of the molecule is CCCCC(=O)C(=O)COc1ccc(F)cc1. The molecule has 0 N–H and O–H groups in total. The van der Waals surface area contributed by atoms with Gasteiger partial charge in [0.25, 0.3) is 0 Å². The van der Waals surface area contributed by atoms with Gasteiger partial charge in [-0.2, -0.15) is 0 Å². The Morgan fingerprint density at radius 3 is 2.41 bits per heavy atom. The summed E-state index contributed by atoms with van der Waals surface area (Å²) in [6, 6.07) is 5.30. The third-order valence-corrected chi connectivity index (χ3v) is 2.25. The van der Waals surface area contributed by atoms with Crippen molar-refractivity contribution in [1.82, 2.24) is 0 Å². The monoisotopic (exact) mass is 238 g/mol. The van der Waals surface area contributed by atoms with Gasteiger partial charge in [0, 0.05) is 6.42 Å². The van der Waals surface area contributed by atoms with Crippen LogP contribution in [0.2, 0.25) is 0 Å². The van der Waals surface area contributed by atoms with Gasteiger partial charge in [-0.25, -0.2) is 4.39 Å². The van der Waals surface area contributed by atoms with Gasteiger partial charge in [-0.3, -0.25) is 9.59 Å². The molecular formula is C13H15FO3. The van der Waals surface area contributed by atoms with E-state index in [-0.39, 0.29) is 18.8 Å². The minimum absolute atomic E-state index is 0.266. The lowest BCUT2D eigenvalue weighted by Crippen LogP contribution is -2.21. The highest BCUT2D eigenvalue weighted by atomic mass is 19.1. The van der Waals surface area contributed by atoms with E-state index in [9.17, 15) is 14.0 Å². The third kappa shape index (κ3) is 4.76. The molecule has 0 aromatic heterocycles. The van der Waals surface area contributed by atoms with Crippen LogP contribution in [0.5, 0.6) is 5.75 Å². The number of Topliss-reactive ketones (excluding diaryl/α,β-unsaturated/α-hetero) is 2. The average molecular weight is 238 g/mol. The molecule has 4 heteroatoms. The van der Waals surface area contributed by atoms with E-state index in [2.05, 4.69) is 0 Å². The van der Waals surface area contributed by atoms with Crippen molar-refractivity contribution in [3.05, 3.63) is 30.1 Å². The van der Waals surface area contributed by atoms with Crippen LogP contribution in [0.1, 0.15) is 26.2 Å². The second kappa shape index (κ2) is 6.78. The Hall–Kier alpha value is -1.71. The number of carbonyl (C=O) groups is 2. The predicted octanol–water partition coefficient (Wildman–Crippen LogP) is 2.53. The fourth-order valence-electron chi connectivity index (χ4n) is 1.24. The Labute approximate surface area is 99.6 Å². The molecule has 1 aromatic rings. The Kier molecular flexibility index (Phi) is 5.33. The summed E-state index contributed by atoms with van der Waals surface area (Å²) < 4.78 is 17.7. The summed E-state index contributed by atoms with van der Waals surface area (Å²) in [5.41, 5.74) is 0. The molecule has 17 heavy (non-hydrogen) atoms. The molecule has 92 valence electrons. The lowest BCUT2D eigenvalue weighted by molar-refractivity contribution is -0.137. The van der Waals surface area contributed by atoms with Crippen molar-refractivity contribution in [3.8, 4) is 5.75 Å². The van der Waals surface area contributed by atoms with Crippen molar-refractivity contribution in [3.63, 3.8) is 0 Å². The third-order valence-electron chi connectivity index (χ3n) is 2.25. The smallest absolute Gasteiger partial charge is 0.235 e. The van der Waals surface area contributed by atoms with Gasteiger partial charge in [-0.05, 0) is 30.7 Å². The number of rotatable bonds is 7. The second-order valence-electron chi connectivity index (χ2n) is 3.69. The van der Waals surface area contributed by atoms with Crippen molar-refractivity contribution in [2.24, 2.45) is 0 Å². The highest BCUT2D eigenvalue weighted by molar-refractivity contribution is 6.37. The first-order valence-corrected chi connectivity index (χ1v) is 5.58. The van der Waals surface area contributed by atoms with Gasteiger partial charge in [-0.15, -0.1) is 0 Å². The number of halogens is 1. The summed E-state index contributed by atoms with van der Waals surface area (Å²) in [5, 5.41) is 0. The number of ether oxygens (including phenoxy) is 1. The number of ketones is 2. The van der Waals surface area contributed by atoms with Crippen LogP contribution in [-0.4, -0.2) is 18.2 Å². The fourth-order valence-corrected chi connectivity index (χ4v) is 1.24. The minimum atomic E-state index is -0.539. The number of hydrogen-bond acceptors (Lipinski definition) is 3. The Morgan fingerprint density at radius 2 is 1.82 bits per heavy atom. The van der Waals surface area contributed by atoms with E-state index in [0.717, 1.165) is 6.42 Å². The highest BCUT2D eigenvalue weighted by Crippen LogP contribution is 2.11. The normalized spacial score (nSPS) is 10.0. The molecule has 0 aliphatic rings. The van der Waals surface area contributed by atoms with Gasteiger partial charge in [0.2, 0.25) is 11.6 Å². The largest absolute Gasteiger partial charge is 0.485 e. The zero-order chi connectivity index (χ0) is 12.7. The van der Waals surface area contributed by atoms with Crippen molar-refractivity contribution in [2.45, 2.75) is 26.2 Å². The highest BCUT2D eigenvalue weighted by Gasteiger charge is 2.13. The van der Waals surface area contributed by atoms with Gasteiger partial charge in [0.15, 0.2) is 6.61 Å². The van der Waals surface area contributed by atoms with E-state index in [4.69, 9.17) is 4.74 Å². The molecule has 0 bridgehead atoms. The van der Waals surface area contributed by atoms with Crippen molar-refractivity contribution < 1.29 is 18.7 Å². The maximum Gasteiger partial charge on any atom is 0.235 e. The summed E-state index contributed by atoms with van der Waals surface area (Å²) in [6.07, 6.45) is 1.85. The predicted molar refractivity (Wildman–Crippen MR) is 61.4 cm³/mol. The summed E-state index contributed by atoms with van der Waals surface area (Å²) in [5.74, 6) is -0.942. The Morgan fingerprint density at radius 1 is 1.18 bits per heavy atom. The molecule has 0 saturated heterocycles. The molecule has 0 spiro atoms. The molecule has 0 atom stereocenters. The Balaban J connectivity index is 2.37. The lowest BCUT2D eigenvalue weighted by atomic mass is 10.1. The van der Waals surface area contributed by atoms with Crippen LogP contribution in [0.4, 0.5) is 4.39 Å². The zero-order valence-electron chi connectivity index (χ0n) is 9.74. The van der Waals surface area contributed by atoms with Crippen LogP contribution in [0.25, 0.3) is 0 Å². The first kappa shape index (κ1) is 13.4. The Bertz CT molecular complexity index is 384. The molecule has 1 rings (SSSR count). The molecule has 0 amide bonds. The molecule has 0 radical (unpaired) electrons. The summed E-state index contributed by atoms with van der Waals surface area (Å²) in [6.45, 7) is 1.67. The van der Waals surface area contributed by atoms with Gasteiger partial charge in [0.1, 0.15) is 11.6 Å². The average Bonchev–Trinajstić information content (AvgIpc) is 2.34. The van der Waals surface area contributed by atoms with Crippen LogP contribution in [-0.2, 0) is 9.59 Å². The molecule has 0 aliphatic heterocycles. The van der Waals surface area contributed by atoms with Crippen LogP contribution in [0.3, 0.4) is 0 Å². The van der Waals surface area contributed by atoms with Crippen LogP contribution in [0.15, 0.2) is 24.3 Å². The van der Waals surface area contributed by atoms with E-state index >= 15 is 0 Å². The first-order valence-electron chi connectivity index (χ1n) is 5.58. The molecule has 0 unspecified atom stereocenters. The van der Waals surface area contributed by atoms with Gasteiger partial charge in [0.05, 0.1) is 0 Å². The quantitative estimate of drug-likeness (QED) is 0.685. The van der Waals surface area contributed by atoms with Crippen LogP contribution >= 0.6 is 0 Å². The molecule has 0 heterocycles. The first-order chi connectivity index (χ1) is 8.13. The topological polar surface area (TPSA) is 43.4 Å². The van der Waals surface area contributed by atoms with E-state index in [1.807, 2.05) is 6.92 Å². The van der Waals surface area contributed by atoms with Gasteiger partial charge < -0.3 is 4.74 Å². The zero-order valence-corrected chi connectivity index (χ0v) is 9.74. The van der Waals surface area contributed by atoms with Crippen LogP contribution < -0.4 is 4.74 Å². The van der Waals surface area contributed by atoms with E-state index in [1.165, 1.54) is 24.3 Å². The van der Waals surface area contributed by atoms with Crippen molar-refractivity contribution in [2.75, 3.05) is 6.61 Å². The summed E-state index contributed by atoms with van der Waals surface area (Å²) in [4.78, 5) is 22.6. The molecule has 0 aliphatic carbocycles. The summed E-state index contributed by atoms with van der Waals surface area (Å²) >= 11 is 0. The fraction of sp³-hybridized carbons (Fsp3) is 0.385. The van der Waals surface area contributed by atoms with Crippen molar-refractivity contribution >= 4 is 11.6 Å². The number of benzene rings is 1. The molecule has 0 saturated carbocycles. The van der Waals surface area contributed by atoms with E-state index < -0.39 is 11.6 Å². The van der Waals surface area contributed by atoms with Crippen molar-refractivity contribution in [1.29, 1.82) is 0 Å². The van der Waals surface area contributed by atoms with E-state index in [0.29, 0.717) is 12.2 Å². The van der Waals surface area contributed by atoms with Gasteiger partial charge in [-0.1, -0.05) is 13.3 Å². The number of unbranched alkanes of at least 4 members (excludes halogenated alkanes) is 1. The summed E-state index contributed by atoms with van der Waals surface area (Å²) in [7, 11) is 0. The second-order valence-corrected chi connectivity index (χ2v) is 3.69.